The molecule has 1 heterocycles. The SMILES string of the molecule is CC(C)COc1ccc2nc3ccccc3cc2c1. The molecular formula is C17H17NO. The van der Waals surface area contributed by atoms with Gasteiger partial charge in [0.2, 0.25) is 0 Å². The number of fused-ring (bicyclic) bond motifs is 2. The minimum atomic E-state index is 0.533. The number of pyridine rings is 1. The molecule has 3 aromatic rings. The van der Waals surface area contributed by atoms with Crippen molar-refractivity contribution in [1.29, 1.82) is 0 Å². The zero-order chi connectivity index (χ0) is 13.2. The standard InChI is InChI=1S/C17H17NO/c1-12(2)11-19-15-7-8-17-14(10-15)9-13-5-3-4-6-16(13)18-17/h3-10,12H,11H2,1-2H3. The summed E-state index contributed by atoms with van der Waals surface area (Å²) in [6, 6.07) is 16.4. The van der Waals surface area contributed by atoms with Gasteiger partial charge in [-0.1, -0.05) is 32.0 Å². The Kier molecular flexibility index (Phi) is 3.08. The average molecular weight is 251 g/mol. The monoisotopic (exact) mass is 251 g/mol. The first kappa shape index (κ1) is 12.0. The van der Waals surface area contributed by atoms with E-state index in [9.17, 15) is 0 Å². The van der Waals surface area contributed by atoms with Crippen LogP contribution in [0.15, 0.2) is 48.5 Å². The van der Waals surface area contributed by atoms with Gasteiger partial charge in [0.25, 0.3) is 0 Å². The Balaban J connectivity index is 2.04. The highest BCUT2D eigenvalue weighted by Crippen LogP contribution is 2.23. The van der Waals surface area contributed by atoms with Crippen molar-refractivity contribution in [3.8, 4) is 5.75 Å². The fourth-order valence-corrected chi connectivity index (χ4v) is 2.11. The predicted molar refractivity (Wildman–Crippen MR) is 79.6 cm³/mol. The van der Waals surface area contributed by atoms with E-state index in [-0.39, 0.29) is 0 Å². The molecule has 1 aromatic heterocycles. The van der Waals surface area contributed by atoms with E-state index in [1.807, 2.05) is 30.3 Å². The number of rotatable bonds is 3. The third kappa shape index (κ3) is 2.53. The molecule has 0 aliphatic heterocycles. The van der Waals surface area contributed by atoms with Gasteiger partial charge >= 0.3 is 0 Å². The number of ether oxygens (including phenoxy) is 1. The van der Waals surface area contributed by atoms with Gasteiger partial charge in [-0.25, -0.2) is 4.98 Å². The average Bonchev–Trinajstić information content (AvgIpc) is 2.42. The van der Waals surface area contributed by atoms with Crippen molar-refractivity contribution in [2.45, 2.75) is 13.8 Å². The lowest BCUT2D eigenvalue weighted by molar-refractivity contribution is 0.271. The molecule has 0 unspecified atom stereocenters. The van der Waals surface area contributed by atoms with Crippen molar-refractivity contribution in [1.82, 2.24) is 4.98 Å². The maximum atomic E-state index is 5.76. The van der Waals surface area contributed by atoms with Crippen LogP contribution < -0.4 is 4.74 Å². The van der Waals surface area contributed by atoms with Crippen LogP contribution in [-0.4, -0.2) is 11.6 Å². The number of para-hydroxylation sites is 1. The molecule has 96 valence electrons. The molecule has 0 radical (unpaired) electrons. The first-order valence-electron chi connectivity index (χ1n) is 6.65. The van der Waals surface area contributed by atoms with Gasteiger partial charge in [-0.2, -0.15) is 0 Å². The van der Waals surface area contributed by atoms with Gasteiger partial charge in [0, 0.05) is 10.8 Å². The van der Waals surface area contributed by atoms with E-state index in [4.69, 9.17) is 4.74 Å². The Morgan fingerprint density at radius 1 is 0.947 bits per heavy atom. The summed E-state index contributed by atoms with van der Waals surface area (Å²) in [6.07, 6.45) is 0. The Labute approximate surface area is 113 Å². The Hall–Kier alpha value is -2.09. The first-order chi connectivity index (χ1) is 9.22. The van der Waals surface area contributed by atoms with Crippen molar-refractivity contribution in [2.24, 2.45) is 5.92 Å². The van der Waals surface area contributed by atoms with E-state index in [1.165, 1.54) is 0 Å². The smallest absolute Gasteiger partial charge is 0.120 e. The lowest BCUT2D eigenvalue weighted by atomic mass is 10.1. The largest absolute Gasteiger partial charge is 0.493 e. The van der Waals surface area contributed by atoms with Crippen LogP contribution in [0.3, 0.4) is 0 Å². The Morgan fingerprint density at radius 3 is 2.58 bits per heavy atom. The highest BCUT2D eigenvalue weighted by Gasteiger charge is 2.02. The second-order valence-electron chi connectivity index (χ2n) is 5.24. The van der Waals surface area contributed by atoms with E-state index in [2.05, 4.69) is 37.0 Å². The summed E-state index contributed by atoms with van der Waals surface area (Å²) in [5, 5.41) is 2.29. The van der Waals surface area contributed by atoms with E-state index < -0.39 is 0 Å². The fraction of sp³-hybridized carbons (Fsp3) is 0.235. The molecule has 0 saturated heterocycles. The van der Waals surface area contributed by atoms with Crippen molar-refractivity contribution in [2.75, 3.05) is 6.61 Å². The maximum Gasteiger partial charge on any atom is 0.120 e. The fourth-order valence-electron chi connectivity index (χ4n) is 2.11. The summed E-state index contributed by atoms with van der Waals surface area (Å²) in [6.45, 7) is 5.04. The molecule has 2 heteroatoms. The molecule has 0 N–H and O–H groups in total. The van der Waals surface area contributed by atoms with Gasteiger partial charge in [0.1, 0.15) is 5.75 Å². The quantitative estimate of drug-likeness (QED) is 0.643. The number of nitrogens with zero attached hydrogens (tertiary/aromatic N) is 1. The maximum absolute atomic E-state index is 5.76. The molecular weight excluding hydrogens is 234 g/mol. The van der Waals surface area contributed by atoms with Crippen LogP contribution in [0.5, 0.6) is 5.75 Å². The molecule has 0 saturated carbocycles. The molecule has 0 fully saturated rings. The van der Waals surface area contributed by atoms with Crippen molar-refractivity contribution < 1.29 is 4.74 Å². The van der Waals surface area contributed by atoms with Gasteiger partial charge in [0.15, 0.2) is 0 Å². The zero-order valence-corrected chi connectivity index (χ0v) is 11.3. The molecule has 3 rings (SSSR count). The van der Waals surface area contributed by atoms with Crippen LogP contribution in [0, 0.1) is 5.92 Å². The molecule has 0 atom stereocenters. The minimum absolute atomic E-state index is 0.533. The summed E-state index contributed by atoms with van der Waals surface area (Å²) in [7, 11) is 0. The number of benzene rings is 2. The van der Waals surface area contributed by atoms with Gasteiger partial charge in [-0.15, -0.1) is 0 Å². The van der Waals surface area contributed by atoms with E-state index >= 15 is 0 Å². The van der Waals surface area contributed by atoms with Crippen LogP contribution >= 0.6 is 0 Å². The normalized spacial score (nSPS) is 11.3. The lowest BCUT2D eigenvalue weighted by Gasteiger charge is -2.09. The topological polar surface area (TPSA) is 22.1 Å². The number of aromatic nitrogens is 1. The highest BCUT2D eigenvalue weighted by molar-refractivity contribution is 5.93. The van der Waals surface area contributed by atoms with Gasteiger partial charge in [-0.05, 0) is 36.2 Å². The summed E-state index contributed by atoms with van der Waals surface area (Å²) in [5.74, 6) is 1.45. The third-order valence-electron chi connectivity index (χ3n) is 3.07. The van der Waals surface area contributed by atoms with Crippen molar-refractivity contribution in [3.63, 3.8) is 0 Å². The third-order valence-corrected chi connectivity index (χ3v) is 3.07. The highest BCUT2D eigenvalue weighted by atomic mass is 16.5. The predicted octanol–water partition coefficient (Wildman–Crippen LogP) is 4.42. The van der Waals surface area contributed by atoms with E-state index in [0.717, 1.165) is 34.2 Å². The van der Waals surface area contributed by atoms with Crippen molar-refractivity contribution in [3.05, 3.63) is 48.5 Å². The van der Waals surface area contributed by atoms with Crippen LogP contribution in [0.4, 0.5) is 0 Å². The Bertz CT molecular complexity index is 719. The second kappa shape index (κ2) is 4.88. The van der Waals surface area contributed by atoms with Crippen LogP contribution in [0.2, 0.25) is 0 Å². The zero-order valence-electron chi connectivity index (χ0n) is 11.3. The molecule has 0 aliphatic rings. The molecule has 0 bridgehead atoms. The number of hydrogen-bond donors (Lipinski definition) is 0. The lowest BCUT2D eigenvalue weighted by Crippen LogP contribution is -2.04. The molecule has 0 amide bonds. The summed E-state index contributed by atoms with van der Waals surface area (Å²) >= 11 is 0. The van der Waals surface area contributed by atoms with Crippen LogP contribution in [0.1, 0.15) is 13.8 Å². The molecule has 2 nitrogen and oxygen atoms in total. The summed E-state index contributed by atoms with van der Waals surface area (Å²) in [4.78, 5) is 4.66. The minimum Gasteiger partial charge on any atom is -0.493 e. The second-order valence-corrected chi connectivity index (χ2v) is 5.24. The van der Waals surface area contributed by atoms with Gasteiger partial charge < -0.3 is 4.74 Å². The number of hydrogen-bond acceptors (Lipinski definition) is 2. The van der Waals surface area contributed by atoms with Gasteiger partial charge in [-0.3, -0.25) is 0 Å². The molecule has 0 aliphatic carbocycles. The van der Waals surface area contributed by atoms with Crippen molar-refractivity contribution >= 4 is 21.8 Å². The molecule has 0 spiro atoms. The van der Waals surface area contributed by atoms with Gasteiger partial charge in [0.05, 0.1) is 17.6 Å². The van der Waals surface area contributed by atoms with Crippen LogP contribution in [-0.2, 0) is 0 Å². The van der Waals surface area contributed by atoms with E-state index in [1.54, 1.807) is 0 Å². The molecule has 2 aromatic carbocycles. The van der Waals surface area contributed by atoms with Crippen LogP contribution in [0.25, 0.3) is 21.8 Å². The van der Waals surface area contributed by atoms with E-state index in [0.29, 0.717) is 5.92 Å². The molecule has 19 heavy (non-hydrogen) atoms. The first-order valence-corrected chi connectivity index (χ1v) is 6.65. The summed E-state index contributed by atoms with van der Waals surface area (Å²) in [5.41, 5.74) is 2.04. The summed E-state index contributed by atoms with van der Waals surface area (Å²) < 4.78 is 5.76. The Morgan fingerprint density at radius 2 is 1.74 bits per heavy atom.